The first-order valence-electron chi connectivity index (χ1n) is 3.80. The van der Waals surface area contributed by atoms with Gasteiger partial charge in [0.1, 0.15) is 4.90 Å². The van der Waals surface area contributed by atoms with E-state index in [1.807, 2.05) is 0 Å². The summed E-state index contributed by atoms with van der Waals surface area (Å²) in [6, 6.07) is 0. The molecule has 0 spiro atoms. The SMILES string of the molecule is NS(=O)(=O)c1cnc(C(F)F)c([N+](=O)[O-])c1F. The van der Waals surface area contributed by atoms with Gasteiger partial charge >= 0.3 is 5.69 Å². The lowest BCUT2D eigenvalue weighted by Gasteiger charge is -2.04. The van der Waals surface area contributed by atoms with E-state index in [1.165, 1.54) is 0 Å². The summed E-state index contributed by atoms with van der Waals surface area (Å²) in [4.78, 5) is 10.4. The minimum absolute atomic E-state index is 0.208. The molecule has 7 nitrogen and oxygen atoms in total. The molecule has 0 unspecified atom stereocenters. The highest BCUT2D eigenvalue weighted by molar-refractivity contribution is 7.89. The molecular weight excluding hydrogens is 267 g/mol. The van der Waals surface area contributed by atoms with Crippen LogP contribution < -0.4 is 5.14 Å². The van der Waals surface area contributed by atoms with Crippen molar-refractivity contribution in [2.45, 2.75) is 11.3 Å². The monoisotopic (exact) mass is 271 g/mol. The molecule has 1 rings (SSSR count). The van der Waals surface area contributed by atoms with Crippen LogP contribution in [0.15, 0.2) is 11.1 Å². The summed E-state index contributed by atoms with van der Waals surface area (Å²) in [6.45, 7) is 0. The quantitative estimate of drug-likeness (QED) is 0.642. The van der Waals surface area contributed by atoms with E-state index in [1.54, 1.807) is 0 Å². The molecule has 0 bridgehead atoms. The van der Waals surface area contributed by atoms with Crippen molar-refractivity contribution < 1.29 is 26.5 Å². The van der Waals surface area contributed by atoms with E-state index in [0.717, 1.165) is 0 Å². The first-order chi connectivity index (χ1) is 7.66. The van der Waals surface area contributed by atoms with Crippen LogP contribution in [0.3, 0.4) is 0 Å². The molecule has 0 amide bonds. The van der Waals surface area contributed by atoms with Crippen molar-refractivity contribution in [2.24, 2.45) is 5.14 Å². The van der Waals surface area contributed by atoms with E-state index in [2.05, 4.69) is 10.1 Å². The predicted octanol–water partition coefficient (Wildman–Crippen LogP) is 0.714. The molecule has 0 aromatic carbocycles. The molecule has 0 atom stereocenters. The third-order valence-electron chi connectivity index (χ3n) is 1.68. The molecule has 0 fully saturated rings. The van der Waals surface area contributed by atoms with Gasteiger partial charge in [0.25, 0.3) is 6.43 Å². The number of hydrogen-bond donors (Lipinski definition) is 1. The van der Waals surface area contributed by atoms with Gasteiger partial charge in [-0.25, -0.2) is 27.3 Å². The molecule has 0 aliphatic rings. The first kappa shape index (κ1) is 13.3. The first-order valence-corrected chi connectivity index (χ1v) is 5.34. The largest absolute Gasteiger partial charge is 0.333 e. The van der Waals surface area contributed by atoms with Crippen LogP contribution in [0.25, 0.3) is 0 Å². The van der Waals surface area contributed by atoms with E-state index in [9.17, 15) is 31.7 Å². The highest BCUT2D eigenvalue weighted by Gasteiger charge is 2.33. The minimum Gasteiger partial charge on any atom is -0.258 e. The average molecular weight is 271 g/mol. The van der Waals surface area contributed by atoms with E-state index < -0.39 is 43.5 Å². The minimum atomic E-state index is -4.62. The fourth-order valence-electron chi connectivity index (χ4n) is 1.01. The van der Waals surface area contributed by atoms with Crippen LogP contribution >= 0.6 is 0 Å². The van der Waals surface area contributed by atoms with Gasteiger partial charge in [0.2, 0.25) is 15.8 Å². The maximum absolute atomic E-state index is 13.4. The second-order valence-corrected chi connectivity index (χ2v) is 4.30. The smallest absolute Gasteiger partial charge is 0.258 e. The molecule has 1 aromatic heterocycles. The van der Waals surface area contributed by atoms with E-state index in [4.69, 9.17) is 0 Å². The Balaban J connectivity index is 3.67. The third kappa shape index (κ3) is 2.50. The number of nitro groups is 1. The van der Waals surface area contributed by atoms with Crippen LogP contribution in [0.2, 0.25) is 0 Å². The zero-order valence-electron chi connectivity index (χ0n) is 7.80. The lowest BCUT2D eigenvalue weighted by molar-refractivity contribution is -0.389. The van der Waals surface area contributed by atoms with Gasteiger partial charge in [-0.2, -0.15) is 4.39 Å². The number of pyridine rings is 1. The number of nitrogens with two attached hydrogens (primary N) is 1. The van der Waals surface area contributed by atoms with E-state index >= 15 is 0 Å². The lowest BCUT2D eigenvalue weighted by atomic mass is 10.3. The number of halogens is 3. The Morgan fingerprint density at radius 3 is 2.35 bits per heavy atom. The molecule has 17 heavy (non-hydrogen) atoms. The zero-order chi connectivity index (χ0) is 13.4. The summed E-state index contributed by atoms with van der Waals surface area (Å²) in [6.07, 6.45) is -3.21. The van der Waals surface area contributed by atoms with Crippen LogP contribution in [0, 0.1) is 15.9 Å². The third-order valence-corrected chi connectivity index (χ3v) is 2.58. The summed E-state index contributed by atoms with van der Waals surface area (Å²) in [5.74, 6) is -1.96. The van der Waals surface area contributed by atoms with Crippen molar-refractivity contribution in [3.8, 4) is 0 Å². The molecule has 0 saturated carbocycles. The van der Waals surface area contributed by atoms with Crippen LogP contribution in [-0.2, 0) is 10.0 Å². The van der Waals surface area contributed by atoms with Gasteiger partial charge in [-0.1, -0.05) is 0 Å². The molecule has 1 aromatic rings. The van der Waals surface area contributed by atoms with Crippen LogP contribution in [0.5, 0.6) is 0 Å². The second kappa shape index (κ2) is 4.25. The van der Waals surface area contributed by atoms with Crippen LogP contribution in [-0.4, -0.2) is 18.3 Å². The maximum Gasteiger partial charge on any atom is 0.333 e. The fourth-order valence-corrected chi connectivity index (χ4v) is 1.55. The van der Waals surface area contributed by atoms with Crippen molar-refractivity contribution in [1.29, 1.82) is 0 Å². The Labute approximate surface area is 92.3 Å². The summed E-state index contributed by atoms with van der Waals surface area (Å²) >= 11 is 0. The van der Waals surface area contributed by atoms with E-state index in [0.29, 0.717) is 0 Å². The molecule has 2 N–H and O–H groups in total. The molecule has 11 heteroatoms. The highest BCUT2D eigenvalue weighted by Crippen LogP contribution is 2.31. The van der Waals surface area contributed by atoms with Crippen molar-refractivity contribution in [1.82, 2.24) is 4.98 Å². The number of alkyl halides is 2. The number of hydrogen-bond acceptors (Lipinski definition) is 5. The van der Waals surface area contributed by atoms with Crippen LogP contribution in [0.4, 0.5) is 18.9 Å². The number of aromatic nitrogens is 1. The van der Waals surface area contributed by atoms with Crippen molar-refractivity contribution in [3.63, 3.8) is 0 Å². The molecular formula is C6H4F3N3O4S. The standard InChI is InChI=1S/C6H4F3N3O4S/c7-3-2(17(10,15)16)1-11-4(6(8)9)5(3)12(13)14/h1,6H,(H2,10,15,16). The number of nitrogens with zero attached hydrogens (tertiary/aromatic N) is 2. The van der Waals surface area contributed by atoms with Gasteiger partial charge in [0.15, 0.2) is 5.69 Å². The Morgan fingerprint density at radius 2 is 2.00 bits per heavy atom. The van der Waals surface area contributed by atoms with E-state index in [-0.39, 0.29) is 6.20 Å². The average Bonchev–Trinajstić information content (AvgIpc) is 2.13. The second-order valence-electron chi connectivity index (χ2n) is 2.77. The number of primary sulfonamides is 1. The molecule has 0 aliphatic heterocycles. The van der Waals surface area contributed by atoms with Gasteiger partial charge in [0.05, 0.1) is 11.1 Å². The number of rotatable bonds is 3. The Hall–Kier alpha value is -1.75. The normalized spacial score (nSPS) is 11.8. The Bertz CT molecular complexity index is 574. The molecule has 0 aliphatic carbocycles. The topological polar surface area (TPSA) is 116 Å². The summed E-state index contributed by atoms with van der Waals surface area (Å²) in [5.41, 5.74) is -3.16. The Morgan fingerprint density at radius 1 is 1.47 bits per heavy atom. The predicted molar refractivity (Wildman–Crippen MR) is 47.2 cm³/mol. The molecule has 94 valence electrons. The summed E-state index contributed by atoms with van der Waals surface area (Å²) in [7, 11) is -4.62. The molecule has 0 radical (unpaired) electrons. The van der Waals surface area contributed by atoms with Crippen LogP contribution in [0.1, 0.15) is 12.1 Å². The zero-order valence-corrected chi connectivity index (χ0v) is 8.62. The van der Waals surface area contributed by atoms with Crippen molar-refractivity contribution in [2.75, 3.05) is 0 Å². The van der Waals surface area contributed by atoms with Crippen molar-refractivity contribution >= 4 is 15.7 Å². The molecule has 1 heterocycles. The van der Waals surface area contributed by atoms with Gasteiger partial charge in [0, 0.05) is 0 Å². The highest BCUT2D eigenvalue weighted by atomic mass is 32.2. The maximum atomic E-state index is 13.4. The van der Waals surface area contributed by atoms with Gasteiger partial charge in [-0.05, 0) is 0 Å². The lowest BCUT2D eigenvalue weighted by Crippen LogP contribution is -2.16. The number of sulfonamides is 1. The fraction of sp³-hybridized carbons (Fsp3) is 0.167. The van der Waals surface area contributed by atoms with Crippen molar-refractivity contribution in [3.05, 3.63) is 27.8 Å². The summed E-state index contributed by atoms with van der Waals surface area (Å²) in [5, 5.41) is 14.9. The van der Waals surface area contributed by atoms with Gasteiger partial charge in [-0.15, -0.1) is 0 Å². The summed E-state index contributed by atoms with van der Waals surface area (Å²) < 4.78 is 59.5. The van der Waals surface area contributed by atoms with Gasteiger partial charge in [-0.3, -0.25) is 10.1 Å². The molecule has 0 saturated heterocycles. The van der Waals surface area contributed by atoms with Gasteiger partial charge < -0.3 is 0 Å². The Kier molecular flexibility index (Phi) is 3.33.